The summed E-state index contributed by atoms with van der Waals surface area (Å²) in [4.78, 5) is 0. The first-order chi connectivity index (χ1) is 16.6. The van der Waals surface area contributed by atoms with Crippen molar-refractivity contribution in [2.75, 3.05) is 19.3 Å². The molecule has 0 bridgehead atoms. The van der Waals surface area contributed by atoms with E-state index < -0.39 is 19.7 Å². The molecule has 0 saturated carbocycles. The van der Waals surface area contributed by atoms with Crippen molar-refractivity contribution in [1.82, 2.24) is 0 Å². The van der Waals surface area contributed by atoms with Gasteiger partial charge in [0.25, 0.3) is 0 Å². The maximum Gasteiger partial charge on any atom is 0.230 e. The molecule has 0 atom stereocenters. The average Bonchev–Trinajstić information content (AvgIpc) is 2.99. The van der Waals surface area contributed by atoms with E-state index in [9.17, 15) is 16.8 Å². The Morgan fingerprint density at radius 3 is 1.46 bits per heavy atom. The summed E-state index contributed by atoms with van der Waals surface area (Å²) in [5.41, 5.74) is 3.32. The van der Waals surface area contributed by atoms with Crippen LogP contribution in [0.3, 0.4) is 0 Å². The minimum absolute atomic E-state index is 0.0708. The molecule has 35 heavy (non-hydrogen) atoms. The van der Waals surface area contributed by atoms with E-state index >= 15 is 0 Å². The number of sulfone groups is 2. The van der Waals surface area contributed by atoms with Crippen molar-refractivity contribution in [3.63, 3.8) is 0 Å². The summed E-state index contributed by atoms with van der Waals surface area (Å²) >= 11 is 0. The highest BCUT2D eigenvalue weighted by molar-refractivity contribution is 7.94. The SMILES string of the molecule is CS(=O)(=O)/C=C/c1ccc2c3c(ccc2c1)OCOc1ccc2cc(/C=C/S(C)(=O)=O)ccc2c1-3. The molecule has 6 nitrogen and oxygen atoms in total. The quantitative estimate of drug-likeness (QED) is 0.367. The fourth-order valence-corrected chi connectivity index (χ4v) is 4.99. The zero-order chi connectivity index (χ0) is 24.8. The van der Waals surface area contributed by atoms with Crippen LogP contribution in [0.25, 0.3) is 44.8 Å². The van der Waals surface area contributed by atoms with Gasteiger partial charge < -0.3 is 9.47 Å². The smallest absolute Gasteiger partial charge is 0.230 e. The molecule has 178 valence electrons. The molecule has 0 amide bonds. The normalized spacial score (nSPS) is 14.0. The monoisotopic (exact) mass is 506 g/mol. The topological polar surface area (TPSA) is 86.7 Å². The first kappa shape index (κ1) is 23.1. The van der Waals surface area contributed by atoms with Crippen molar-refractivity contribution in [3.8, 4) is 22.6 Å². The van der Waals surface area contributed by atoms with Gasteiger partial charge >= 0.3 is 0 Å². The van der Waals surface area contributed by atoms with Gasteiger partial charge in [-0.15, -0.1) is 0 Å². The Kier molecular flexibility index (Phi) is 5.65. The van der Waals surface area contributed by atoms with E-state index in [1.807, 2.05) is 60.7 Å². The van der Waals surface area contributed by atoms with Crippen LogP contribution in [0.15, 0.2) is 71.5 Å². The molecular weight excluding hydrogens is 484 g/mol. The van der Waals surface area contributed by atoms with Crippen LogP contribution < -0.4 is 9.47 Å². The fraction of sp³-hybridized carbons (Fsp3) is 0.111. The van der Waals surface area contributed by atoms with Crippen molar-refractivity contribution >= 4 is 53.4 Å². The summed E-state index contributed by atoms with van der Waals surface area (Å²) in [6.45, 7) is 0.0708. The number of benzene rings is 4. The van der Waals surface area contributed by atoms with Crippen LogP contribution in [0.4, 0.5) is 0 Å². The van der Waals surface area contributed by atoms with Gasteiger partial charge in [0.15, 0.2) is 19.7 Å². The molecule has 1 heterocycles. The Morgan fingerprint density at radius 2 is 1.06 bits per heavy atom. The third-order valence-corrected chi connectivity index (χ3v) is 6.97. The minimum atomic E-state index is -3.23. The molecule has 0 radical (unpaired) electrons. The van der Waals surface area contributed by atoms with E-state index in [0.717, 1.165) is 56.3 Å². The molecular formula is C27H22O6S2. The summed E-state index contributed by atoms with van der Waals surface area (Å²) in [6, 6.07) is 19.2. The zero-order valence-corrected chi connectivity index (χ0v) is 20.7. The second-order valence-electron chi connectivity index (χ2n) is 8.51. The molecule has 0 unspecified atom stereocenters. The van der Waals surface area contributed by atoms with Crippen molar-refractivity contribution in [2.45, 2.75) is 0 Å². The number of hydrogen-bond acceptors (Lipinski definition) is 6. The third kappa shape index (κ3) is 4.94. The lowest BCUT2D eigenvalue weighted by Crippen LogP contribution is -2.03. The van der Waals surface area contributed by atoms with Crippen LogP contribution in [0, 0.1) is 0 Å². The molecule has 4 aromatic rings. The van der Waals surface area contributed by atoms with Gasteiger partial charge in [-0.2, -0.15) is 0 Å². The molecule has 0 saturated heterocycles. The van der Waals surface area contributed by atoms with Crippen LogP contribution in [0.5, 0.6) is 11.5 Å². The second kappa shape index (κ2) is 8.55. The van der Waals surface area contributed by atoms with Crippen LogP contribution >= 0.6 is 0 Å². The van der Waals surface area contributed by atoms with Crippen LogP contribution in [-0.4, -0.2) is 36.1 Å². The first-order valence-corrected chi connectivity index (χ1v) is 14.6. The Bertz CT molecular complexity index is 1630. The first-order valence-electron chi connectivity index (χ1n) is 10.7. The van der Waals surface area contributed by atoms with Crippen LogP contribution in [0.2, 0.25) is 0 Å². The highest BCUT2D eigenvalue weighted by Gasteiger charge is 2.22. The molecule has 1 aliphatic heterocycles. The lowest BCUT2D eigenvalue weighted by Gasteiger charge is -2.14. The zero-order valence-electron chi connectivity index (χ0n) is 19.1. The minimum Gasteiger partial charge on any atom is -0.457 e. The highest BCUT2D eigenvalue weighted by atomic mass is 32.2. The van der Waals surface area contributed by atoms with E-state index in [4.69, 9.17) is 9.47 Å². The Hall–Kier alpha value is -3.62. The molecule has 0 aliphatic carbocycles. The van der Waals surface area contributed by atoms with Crippen LogP contribution in [-0.2, 0) is 19.7 Å². The summed E-state index contributed by atoms with van der Waals surface area (Å²) in [6.07, 6.45) is 5.47. The van der Waals surface area contributed by atoms with Crippen molar-refractivity contribution < 1.29 is 26.3 Å². The summed E-state index contributed by atoms with van der Waals surface area (Å²) in [5.74, 6) is 1.37. The second-order valence-corrected chi connectivity index (χ2v) is 12.4. The van der Waals surface area contributed by atoms with Crippen molar-refractivity contribution in [1.29, 1.82) is 0 Å². The van der Waals surface area contributed by atoms with E-state index in [2.05, 4.69) is 0 Å². The van der Waals surface area contributed by atoms with Crippen LogP contribution in [0.1, 0.15) is 11.1 Å². The van der Waals surface area contributed by atoms with Crippen molar-refractivity contribution in [2.24, 2.45) is 0 Å². The van der Waals surface area contributed by atoms with Gasteiger partial charge in [-0.3, -0.25) is 0 Å². The summed E-state index contributed by atoms with van der Waals surface area (Å²) in [7, 11) is -6.46. The largest absolute Gasteiger partial charge is 0.457 e. The Labute approximate surface area is 203 Å². The third-order valence-electron chi connectivity index (χ3n) is 5.71. The predicted molar refractivity (Wildman–Crippen MR) is 141 cm³/mol. The van der Waals surface area contributed by atoms with Gasteiger partial charge in [-0.25, -0.2) is 16.8 Å². The molecule has 0 aromatic heterocycles. The molecule has 4 aromatic carbocycles. The fourth-order valence-electron chi connectivity index (χ4n) is 4.18. The molecule has 8 heteroatoms. The van der Waals surface area contributed by atoms with Gasteiger partial charge in [0.05, 0.1) is 0 Å². The molecule has 0 fully saturated rings. The summed E-state index contributed by atoms with van der Waals surface area (Å²) < 4.78 is 57.9. The van der Waals surface area contributed by atoms with E-state index in [-0.39, 0.29) is 6.79 Å². The molecule has 5 rings (SSSR count). The maximum absolute atomic E-state index is 11.5. The number of hydrogen-bond donors (Lipinski definition) is 0. The van der Waals surface area contributed by atoms with E-state index in [1.54, 1.807) is 12.2 Å². The standard InChI is InChI=1S/C27H22O6S2/c1-34(28,29)13-11-18-3-7-22-20(15-18)5-9-24-26(22)27-23-8-4-19(12-14-35(2,30)31)16-21(23)6-10-25(27)33-17-32-24/h3-16H,17H2,1-2H3/b13-11+,14-12+. The van der Waals surface area contributed by atoms with Gasteiger partial charge in [0, 0.05) is 34.5 Å². The maximum atomic E-state index is 11.5. The highest BCUT2D eigenvalue weighted by Crippen LogP contribution is 2.47. The van der Waals surface area contributed by atoms with Crippen molar-refractivity contribution in [3.05, 3.63) is 82.6 Å². The van der Waals surface area contributed by atoms with Gasteiger partial charge in [0.1, 0.15) is 11.5 Å². The van der Waals surface area contributed by atoms with Gasteiger partial charge in [-0.05, 0) is 69.1 Å². The lowest BCUT2D eigenvalue weighted by atomic mass is 9.91. The van der Waals surface area contributed by atoms with Gasteiger partial charge in [0.2, 0.25) is 6.79 Å². The predicted octanol–water partition coefficient (Wildman–Crippen LogP) is 5.42. The molecule has 0 spiro atoms. The summed E-state index contributed by atoms with van der Waals surface area (Å²) in [5, 5.41) is 6.13. The van der Waals surface area contributed by atoms with Gasteiger partial charge in [-0.1, -0.05) is 36.4 Å². The Balaban J connectivity index is 1.72. The molecule has 0 N–H and O–H groups in total. The number of fused-ring (bicyclic) bond motifs is 7. The van der Waals surface area contributed by atoms with E-state index in [0.29, 0.717) is 11.5 Å². The lowest BCUT2D eigenvalue weighted by molar-refractivity contribution is 0.125. The number of rotatable bonds is 4. The Morgan fingerprint density at radius 1 is 0.629 bits per heavy atom. The average molecular weight is 507 g/mol. The molecule has 1 aliphatic rings. The number of ether oxygens (including phenoxy) is 2. The van der Waals surface area contributed by atoms with E-state index in [1.165, 1.54) is 10.8 Å².